The van der Waals surface area contributed by atoms with Gasteiger partial charge in [0, 0.05) is 4.90 Å². The van der Waals surface area contributed by atoms with Crippen LogP contribution in [0.4, 0.5) is 0 Å². The molecule has 0 bridgehead atoms. The van der Waals surface area contributed by atoms with Crippen LogP contribution in [0, 0.1) is 19.3 Å². The molecule has 2 aromatic rings. The van der Waals surface area contributed by atoms with Crippen LogP contribution in [0.3, 0.4) is 0 Å². The minimum Gasteiger partial charge on any atom is -0.497 e. The van der Waals surface area contributed by atoms with E-state index in [9.17, 15) is 0 Å². The fourth-order valence-corrected chi connectivity index (χ4v) is 2.74. The largest absolute Gasteiger partial charge is 0.497 e. The molecule has 0 aliphatic heterocycles. The molecule has 1 aromatic heterocycles. The number of aromatic nitrogens is 2. The summed E-state index contributed by atoms with van der Waals surface area (Å²) in [6.45, 7) is 3.76. The molecule has 0 amide bonds. The summed E-state index contributed by atoms with van der Waals surface area (Å²) in [7, 11) is 1.63. The van der Waals surface area contributed by atoms with Crippen molar-refractivity contribution in [2.75, 3.05) is 7.11 Å². The fraction of sp³-hybridized carbons (Fsp3) is 0.214. The molecule has 104 valence electrons. The second-order valence-electron chi connectivity index (χ2n) is 4.29. The lowest BCUT2D eigenvalue weighted by molar-refractivity contribution is 0.413. The molecule has 0 atom stereocenters. The van der Waals surface area contributed by atoms with Gasteiger partial charge in [-0.15, -0.1) is 5.10 Å². The summed E-state index contributed by atoms with van der Waals surface area (Å²) in [4.78, 5) is 0.962. The summed E-state index contributed by atoms with van der Waals surface area (Å²) in [6, 6.07) is 7.64. The summed E-state index contributed by atoms with van der Waals surface area (Å²) < 4.78 is 5.20. The lowest BCUT2D eigenvalue weighted by Gasteiger charge is -2.11. The van der Waals surface area contributed by atoms with Crippen molar-refractivity contribution < 1.29 is 4.74 Å². The van der Waals surface area contributed by atoms with Gasteiger partial charge in [-0.3, -0.25) is 5.41 Å². The number of ether oxygens (including phenoxy) is 1. The minimum absolute atomic E-state index is 0.00546. The van der Waals surface area contributed by atoms with Gasteiger partial charge in [0.2, 0.25) is 0 Å². The van der Waals surface area contributed by atoms with Gasteiger partial charge in [-0.05, 0) is 37.6 Å². The zero-order chi connectivity index (χ0) is 14.7. The lowest BCUT2D eigenvalue weighted by Crippen LogP contribution is -2.16. The van der Waals surface area contributed by atoms with Crippen molar-refractivity contribution in [1.82, 2.24) is 10.2 Å². The molecular weight excluding hydrogens is 272 g/mol. The summed E-state index contributed by atoms with van der Waals surface area (Å²) in [5.41, 5.74) is 7.98. The Hall–Kier alpha value is -2.08. The highest BCUT2D eigenvalue weighted by atomic mass is 32.2. The van der Waals surface area contributed by atoms with Crippen LogP contribution >= 0.6 is 11.8 Å². The maximum absolute atomic E-state index is 7.73. The van der Waals surface area contributed by atoms with Crippen molar-refractivity contribution in [3.63, 3.8) is 0 Å². The summed E-state index contributed by atoms with van der Waals surface area (Å²) in [5, 5.41) is 16.6. The van der Waals surface area contributed by atoms with Crippen molar-refractivity contribution in [2.45, 2.75) is 23.8 Å². The van der Waals surface area contributed by atoms with Crippen LogP contribution in [0.2, 0.25) is 0 Å². The lowest BCUT2D eigenvalue weighted by atomic mass is 10.1. The first-order valence-electron chi connectivity index (χ1n) is 6.03. The zero-order valence-corrected chi connectivity index (χ0v) is 12.4. The van der Waals surface area contributed by atoms with E-state index in [1.54, 1.807) is 7.11 Å². The standard InChI is InChI=1S/C14H16N4OS/c1-8-9(2)17-18-14(12(8)13(15)16)20-11-6-4-5-10(7-11)19-3/h4-7H,1-3H3,(H3,15,16). The van der Waals surface area contributed by atoms with E-state index in [1.165, 1.54) is 11.8 Å². The van der Waals surface area contributed by atoms with Crippen LogP contribution in [0.5, 0.6) is 5.75 Å². The first kappa shape index (κ1) is 14.3. The number of hydrogen-bond acceptors (Lipinski definition) is 5. The van der Waals surface area contributed by atoms with E-state index >= 15 is 0 Å². The van der Waals surface area contributed by atoms with Crippen molar-refractivity contribution >= 4 is 17.6 Å². The Kier molecular flexibility index (Phi) is 4.24. The number of aryl methyl sites for hydroxylation is 1. The number of nitrogens with two attached hydrogens (primary N) is 1. The van der Waals surface area contributed by atoms with Gasteiger partial charge < -0.3 is 10.5 Å². The Morgan fingerprint density at radius 3 is 2.70 bits per heavy atom. The first-order valence-corrected chi connectivity index (χ1v) is 6.84. The highest BCUT2D eigenvalue weighted by Crippen LogP contribution is 2.31. The molecule has 5 nitrogen and oxygen atoms in total. The van der Waals surface area contributed by atoms with Crippen molar-refractivity contribution in [3.8, 4) is 5.75 Å². The highest BCUT2D eigenvalue weighted by molar-refractivity contribution is 7.99. The maximum Gasteiger partial charge on any atom is 0.135 e. The highest BCUT2D eigenvalue weighted by Gasteiger charge is 2.15. The quantitative estimate of drug-likeness (QED) is 0.667. The molecule has 0 saturated heterocycles. The number of hydrogen-bond donors (Lipinski definition) is 2. The van der Waals surface area contributed by atoms with Crippen LogP contribution in [0.15, 0.2) is 34.2 Å². The number of nitrogen functional groups attached to an aromatic ring is 1. The molecule has 6 heteroatoms. The van der Waals surface area contributed by atoms with Crippen molar-refractivity contribution in [3.05, 3.63) is 41.1 Å². The second kappa shape index (κ2) is 5.92. The van der Waals surface area contributed by atoms with Crippen molar-refractivity contribution in [2.24, 2.45) is 5.73 Å². The minimum atomic E-state index is 0.00546. The van der Waals surface area contributed by atoms with Crippen LogP contribution in [0.25, 0.3) is 0 Å². The molecule has 0 aliphatic rings. The Labute approximate surface area is 122 Å². The van der Waals surface area contributed by atoms with E-state index in [-0.39, 0.29) is 5.84 Å². The van der Waals surface area contributed by atoms with Gasteiger partial charge in [0.15, 0.2) is 0 Å². The molecule has 3 N–H and O–H groups in total. The Morgan fingerprint density at radius 2 is 2.05 bits per heavy atom. The van der Waals surface area contributed by atoms with E-state index in [1.807, 2.05) is 38.1 Å². The molecule has 0 saturated carbocycles. The number of benzene rings is 1. The average Bonchev–Trinajstić information content (AvgIpc) is 2.43. The molecule has 0 aliphatic carbocycles. The van der Waals surface area contributed by atoms with Crippen LogP contribution in [-0.2, 0) is 0 Å². The Bertz CT molecular complexity index is 658. The third-order valence-corrected chi connectivity index (χ3v) is 3.92. The van der Waals surface area contributed by atoms with Crippen LogP contribution in [0.1, 0.15) is 16.8 Å². The van der Waals surface area contributed by atoms with Crippen LogP contribution < -0.4 is 10.5 Å². The van der Waals surface area contributed by atoms with E-state index < -0.39 is 0 Å². The number of nitrogens with zero attached hydrogens (tertiary/aromatic N) is 2. The van der Waals surface area contributed by atoms with E-state index in [4.69, 9.17) is 15.9 Å². The number of nitrogens with one attached hydrogen (secondary N) is 1. The average molecular weight is 288 g/mol. The molecule has 0 radical (unpaired) electrons. The van der Waals surface area contributed by atoms with E-state index in [0.29, 0.717) is 10.6 Å². The molecule has 1 aromatic carbocycles. The first-order chi connectivity index (χ1) is 9.52. The van der Waals surface area contributed by atoms with Gasteiger partial charge in [0.25, 0.3) is 0 Å². The summed E-state index contributed by atoms with van der Waals surface area (Å²) >= 11 is 1.42. The third kappa shape index (κ3) is 2.91. The zero-order valence-electron chi connectivity index (χ0n) is 11.6. The maximum atomic E-state index is 7.73. The van der Waals surface area contributed by atoms with E-state index in [2.05, 4.69) is 10.2 Å². The molecule has 0 fully saturated rings. The number of amidine groups is 1. The van der Waals surface area contributed by atoms with Crippen LogP contribution in [-0.4, -0.2) is 23.1 Å². The topological polar surface area (TPSA) is 84.9 Å². The van der Waals surface area contributed by atoms with Gasteiger partial charge in [0.1, 0.15) is 16.6 Å². The normalized spacial score (nSPS) is 10.3. The van der Waals surface area contributed by atoms with Crippen molar-refractivity contribution in [1.29, 1.82) is 5.41 Å². The smallest absolute Gasteiger partial charge is 0.135 e. The number of rotatable bonds is 4. The van der Waals surface area contributed by atoms with Gasteiger partial charge in [-0.1, -0.05) is 17.8 Å². The molecule has 0 spiro atoms. The van der Waals surface area contributed by atoms with Gasteiger partial charge >= 0.3 is 0 Å². The third-order valence-electron chi connectivity index (χ3n) is 2.95. The van der Waals surface area contributed by atoms with Gasteiger partial charge in [-0.2, -0.15) is 5.10 Å². The van der Waals surface area contributed by atoms with E-state index in [0.717, 1.165) is 21.9 Å². The molecule has 20 heavy (non-hydrogen) atoms. The summed E-state index contributed by atoms with van der Waals surface area (Å²) in [5.74, 6) is 0.780. The molecular formula is C14H16N4OS. The second-order valence-corrected chi connectivity index (χ2v) is 5.35. The fourth-order valence-electron chi connectivity index (χ4n) is 1.75. The molecule has 1 heterocycles. The Balaban J connectivity index is 2.43. The molecule has 2 rings (SSSR count). The predicted molar refractivity (Wildman–Crippen MR) is 79.6 cm³/mol. The number of methoxy groups -OCH3 is 1. The predicted octanol–water partition coefficient (Wildman–Crippen LogP) is 2.54. The monoisotopic (exact) mass is 288 g/mol. The SMILES string of the molecule is COc1cccc(Sc2nnc(C)c(C)c2C(=N)N)c1. The van der Waals surface area contributed by atoms with Gasteiger partial charge in [-0.25, -0.2) is 0 Å². The molecule has 0 unspecified atom stereocenters. The Morgan fingerprint density at radius 1 is 1.30 bits per heavy atom. The summed E-state index contributed by atoms with van der Waals surface area (Å²) in [6.07, 6.45) is 0. The van der Waals surface area contributed by atoms with Gasteiger partial charge in [0.05, 0.1) is 18.4 Å².